The molecule has 3 heteroatoms. The highest BCUT2D eigenvalue weighted by atomic mass is 15.1. The summed E-state index contributed by atoms with van der Waals surface area (Å²) in [6, 6.07) is 25.1. The Morgan fingerprint density at radius 3 is 1.20 bits per heavy atom. The van der Waals surface area contributed by atoms with Crippen LogP contribution in [-0.4, -0.2) is 4.98 Å². The zero-order valence-corrected chi connectivity index (χ0v) is 11.0. The third-order valence-electron chi connectivity index (χ3n) is 2.36. The molecule has 0 fully saturated rings. The lowest BCUT2D eigenvalue weighted by molar-refractivity contribution is 1.23. The Morgan fingerprint density at radius 2 is 0.900 bits per heavy atom. The van der Waals surface area contributed by atoms with Gasteiger partial charge in [-0.2, -0.15) is 10.2 Å². The molecule has 0 radical (unpaired) electrons. The van der Waals surface area contributed by atoms with Gasteiger partial charge in [0.15, 0.2) is 0 Å². The highest BCUT2D eigenvalue weighted by Gasteiger charge is 1.86. The van der Waals surface area contributed by atoms with E-state index in [1.807, 2.05) is 78.9 Å². The van der Waals surface area contributed by atoms with Gasteiger partial charge in [-0.1, -0.05) is 42.5 Å². The summed E-state index contributed by atoms with van der Waals surface area (Å²) in [7, 11) is 0. The predicted molar refractivity (Wildman–Crippen MR) is 81.3 cm³/mol. The molecule has 0 bridgehead atoms. The molecule has 2 aromatic carbocycles. The second-order valence-corrected chi connectivity index (χ2v) is 3.90. The minimum Gasteiger partial charge on any atom is -0.265 e. The van der Waals surface area contributed by atoms with Crippen molar-refractivity contribution >= 4 is 11.4 Å². The molecule has 0 unspecified atom stereocenters. The number of benzene rings is 2. The maximum absolute atomic E-state index is 4.10. The molecule has 3 aromatic rings. The number of azo groups is 1. The zero-order valence-electron chi connectivity index (χ0n) is 11.0. The first-order chi connectivity index (χ1) is 9.95. The molecule has 20 heavy (non-hydrogen) atoms. The van der Waals surface area contributed by atoms with Crippen molar-refractivity contribution < 1.29 is 0 Å². The van der Waals surface area contributed by atoms with Crippen LogP contribution in [0.1, 0.15) is 0 Å². The smallest absolute Gasteiger partial charge is 0.0857 e. The summed E-state index contributed by atoms with van der Waals surface area (Å²) in [5.74, 6) is 0. The molecule has 3 rings (SSSR count). The highest BCUT2D eigenvalue weighted by molar-refractivity contribution is 5.39. The van der Waals surface area contributed by atoms with E-state index < -0.39 is 0 Å². The van der Waals surface area contributed by atoms with Crippen LogP contribution in [0.4, 0.5) is 11.4 Å². The fourth-order valence-corrected chi connectivity index (χ4v) is 1.42. The molecule has 0 spiro atoms. The summed E-state index contributed by atoms with van der Waals surface area (Å²) < 4.78 is 0. The summed E-state index contributed by atoms with van der Waals surface area (Å²) in [6.45, 7) is 0. The number of hydrogen-bond donors (Lipinski definition) is 0. The van der Waals surface area contributed by atoms with Gasteiger partial charge >= 0.3 is 0 Å². The van der Waals surface area contributed by atoms with Crippen LogP contribution in [0.2, 0.25) is 0 Å². The molecule has 0 saturated heterocycles. The molecule has 0 atom stereocenters. The van der Waals surface area contributed by atoms with Gasteiger partial charge in [0.25, 0.3) is 0 Å². The minimum atomic E-state index is 0.872. The molecule has 1 heterocycles. The molecule has 0 aliphatic carbocycles. The Kier molecular flexibility index (Phi) is 5.66. The lowest BCUT2D eigenvalue weighted by Gasteiger charge is -1.91. The summed E-state index contributed by atoms with van der Waals surface area (Å²) in [4.78, 5) is 3.78. The third kappa shape index (κ3) is 5.23. The van der Waals surface area contributed by atoms with Gasteiger partial charge in [-0.15, -0.1) is 0 Å². The molecule has 3 nitrogen and oxygen atoms in total. The van der Waals surface area contributed by atoms with Crippen LogP contribution in [0.25, 0.3) is 0 Å². The zero-order chi connectivity index (χ0) is 13.9. The van der Waals surface area contributed by atoms with Crippen molar-refractivity contribution in [2.45, 2.75) is 0 Å². The number of rotatable bonds is 2. The Hall–Kier alpha value is -2.81. The van der Waals surface area contributed by atoms with Crippen LogP contribution in [0, 0.1) is 0 Å². The van der Waals surface area contributed by atoms with Gasteiger partial charge in [0.05, 0.1) is 11.4 Å². The predicted octanol–water partition coefficient (Wildman–Crippen LogP) is 5.18. The van der Waals surface area contributed by atoms with E-state index in [1.54, 1.807) is 12.4 Å². The molecule has 0 saturated carbocycles. The van der Waals surface area contributed by atoms with E-state index >= 15 is 0 Å². The van der Waals surface area contributed by atoms with Crippen molar-refractivity contribution in [3.63, 3.8) is 0 Å². The van der Waals surface area contributed by atoms with Crippen molar-refractivity contribution in [2.24, 2.45) is 10.2 Å². The first kappa shape index (κ1) is 13.6. The number of hydrogen-bond acceptors (Lipinski definition) is 3. The van der Waals surface area contributed by atoms with Gasteiger partial charge in [0.2, 0.25) is 0 Å². The largest absolute Gasteiger partial charge is 0.265 e. The average molecular weight is 261 g/mol. The van der Waals surface area contributed by atoms with Gasteiger partial charge in [0, 0.05) is 12.4 Å². The molecule has 0 aliphatic rings. The van der Waals surface area contributed by atoms with E-state index in [1.165, 1.54) is 0 Å². The second kappa shape index (κ2) is 8.32. The van der Waals surface area contributed by atoms with E-state index in [0.717, 1.165) is 11.4 Å². The Morgan fingerprint density at radius 1 is 0.500 bits per heavy atom. The van der Waals surface area contributed by atoms with Crippen LogP contribution < -0.4 is 0 Å². The Balaban J connectivity index is 0.000000205. The molecule has 1 aromatic heterocycles. The van der Waals surface area contributed by atoms with Crippen LogP contribution >= 0.6 is 0 Å². The lowest BCUT2D eigenvalue weighted by Crippen LogP contribution is -1.62. The minimum absolute atomic E-state index is 0.872. The van der Waals surface area contributed by atoms with Crippen molar-refractivity contribution in [2.75, 3.05) is 0 Å². The molecule has 0 N–H and O–H groups in total. The first-order valence-corrected chi connectivity index (χ1v) is 6.32. The van der Waals surface area contributed by atoms with Crippen molar-refractivity contribution in [1.82, 2.24) is 4.98 Å². The standard InChI is InChI=1S/C12H10N2.C5H5N/c1-3-7-11(8-4-1)13-14-12-9-5-2-6-10-12;1-2-4-6-5-3-1/h1-10H;1-5H. The average Bonchev–Trinajstić information content (AvgIpc) is 2.57. The molecule has 0 aliphatic heterocycles. The Bertz CT molecular complexity index is 539. The molecule has 0 amide bonds. The van der Waals surface area contributed by atoms with E-state index in [-0.39, 0.29) is 0 Å². The Labute approximate surface area is 118 Å². The van der Waals surface area contributed by atoms with Crippen molar-refractivity contribution in [3.05, 3.63) is 91.3 Å². The third-order valence-corrected chi connectivity index (χ3v) is 2.36. The van der Waals surface area contributed by atoms with Gasteiger partial charge in [-0.3, -0.25) is 4.98 Å². The van der Waals surface area contributed by atoms with Gasteiger partial charge in [-0.25, -0.2) is 0 Å². The van der Waals surface area contributed by atoms with Crippen molar-refractivity contribution in [3.8, 4) is 0 Å². The van der Waals surface area contributed by atoms with Crippen molar-refractivity contribution in [1.29, 1.82) is 0 Å². The summed E-state index contributed by atoms with van der Waals surface area (Å²) in [5, 5.41) is 8.20. The second-order valence-electron chi connectivity index (χ2n) is 3.90. The molecule has 98 valence electrons. The van der Waals surface area contributed by atoms with Crippen LogP contribution in [0.3, 0.4) is 0 Å². The maximum atomic E-state index is 4.10. The number of aromatic nitrogens is 1. The van der Waals surface area contributed by atoms with Gasteiger partial charge in [-0.05, 0) is 36.4 Å². The fourth-order valence-electron chi connectivity index (χ4n) is 1.42. The molecular weight excluding hydrogens is 246 g/mol. The first-order valence-electron chi connectivity index (χ1n) is 6.32. The fraction of sp³-hybridized carbons (Fsp3) is 0. The van der Waals surface area contributed by atoms with Crippen LogP contribution in [-0.2, 0) is 0 Å². The van der Waals surface area contributed by atoms with E-state index in [4.69, 9.17) is 0 Å². The van der Waals surface area contributed by atoms with Crippen LogP contribution in [0.15, 0.2) is 101 Å². The van der Waals surface area contributed by atoms with E-state index in [2.05, 4.69) is 15.2 Å². The normalized spacial score (nSPS) is 9.80. The van der Waals surface area contributed by atoms with Gasteiger partial charge in [0.1, 0.15) is 0 Å². The van der Waals surface area contributed by atoms with E-state index in [0.29, 0.717) is 0 Å². The lowest BCUT2D eigenvalue weighted by atomic mass is 10.3. The number of pyridine rings is 1. The molecular formula is C17H15N3. The summed E-state index contributed by atoms with van der Waals surface area (Å²) in [6.07, 6.45) is 3.50. The quantitative estimate of drug-likeness (QED) is 0.585. The van der Waals surface area contributed by atoms with E-state index in [9.17, 15) is 0 Å². The SMILES string of the molecule is c1ccc(N=Nc2ccccc2)cc1.c1ccncc1. The monoisotopic (exact) mass is 261 g/mol. The highest BCUT2D eigenvalue weighted by Crippen LogP contribution is 2.16. The van der Waals surface area contributed by atoms with Crippen LogP contribution in [0.5, 0.6) is 0 Å². The van der Waals surface area contributed by atoms with Gasteiger partial charge < -0.3 is 0 Å². The summed E-state index contributed by atoms with van der Waals surface area (Å²) in [5.41, 5.74) is 1.74. The topological polar surface area (TPSA) is 37.6 Å². The summed E-state index contributed by atoms with van der Waals surface area (Å²) >= 11 is 0. The maximum Gasteiger partial charge on any atom is 0.0857 e. The number of nitrogens with zero attached hydrogens (tertiary/aromatic N) is 3.